The molecule has 1 saturated heterocycles. The molecule has 1 aliphatic rings. The van der Waals surface area contributed by atoms with Crippen molar-refractivity contribution < 1.29 is 18.4 Å². The van der Waals surface area contributed by atoms with Crippen LogP contribution in [0.15, 0.2) is 28.8 Å². The van der Waals surface area contributed by atoms with Gasteiger partial charge in [-0.25, -0.2) is 4.39 Å². The molecule has 3 rings (SSSR count). The predicted molar refractivity (Wildman–Crippen MR) is 89.6 cm³/mol. The van der Waals surface area contributed by atoms with E-state index in [0.29, 0.717) is 18.9 Å². The van der Waals surface area contributed by atoms with Gasteiger partial charge in [0.15, 0.2) is 5.82 Å². The maximum absolute atomic E-state index is 14.2. The Labute approximate surface area is 150 Å². The topological polar surface area (TPSA) is 103 Å². The molecule has 25 heavy (non-hydrogen) atoms. The van der Waals surface area contributed by atoms with E-state index in [9.17, 15) is 9.18 Å². The number of nitrogens with one attached hydrogen (secondary N) is 1. The molecule has 9 heteroatoms. The van der Waals surface area contributed by atoms with Gasteiger partial charge in [0.1, 0.15) is 18.0 Å². The Morgan fingerprint density at radius 2 is 2.20 bits per heavy atom. The highest BCUT2D eigenvalue weighted by Crippen LogP contribution is 2.25. The van der Waals surface area contributed by atoms with Crippen molar-refractivity contribution in [2.45, 2.75) is 38.0 Å². The van der Waals surface area contributed by atoms with Gasteiger partial charge in [0, 0.05) is 19.0 Å². The largest absolute Gasteiger partial charge is 0.364 e. The lowest BCUT2D eigenvalue weighted by molar-refractivity contribution is -0.132. The van der Waals surface area contributed by atoms with E-state index >= 15 is 0 Å². The zero-order chi connectivity index (χ0) is 17.1. The Kier molecular flexibility index (Phi) is 6.46. The van der Waals surface area contributed by atoms with Crippen LogP contribution in [-0.4, -0.2) is 34.8 Å². The monoisotopic (exact) mass is 370 g/mol. The number of aryl methyl sites for hydroxylation is 1. The van der Waals surface area contributed by atoms with Crippen molar-refractivity contribution in [1.29, 1.82) is 0 Å². The van der Waals surface area contributed by atoms with Crippen LogP contribution in [0.1, 0.15) is 36.2 Å². The fraction of sp³-hybridized carbons (Fsp3) is 0.438. The summed E-state index contributed by atoms with van der Waals surface area (Å²) in [5, 5.41) is 6.58. The first-order valence-electron chi connectivity index (χ1n) is 7.79. The van der Waals surface area contributed by atoms with E-state index in [1.54, 1.807) is 25.1 Å². The molecule has 3 atom stereocenters. The molecule has 1 unspecified atom stereocenters. The Morgan fingerprint density at radius 3 is 2.80 bits per heavy atom. The molecule has 2 heterocycles. The van der Waals surface area contributed by atoms with E-state index in [-0.39, 0.29) is 35.8 Å². The van der Waals surface area contributed by atoms with Gasteiger partial charge in [-0.3, -0.25) is 4.79 Å². The maximum atomic E-state index is 14.2. The summed E-state index contributed by atoms with van der Waals surface area (Å²) in [5.41, 5.74) is 5.83. The first-order chi connectivity index (χ1) is 11.6. The highest BCUT2D eigenvalue weighted by molar-refractivity contribution is 5.85. The average Bonchev–Trinajstić information content (AvgIpc) is 3.22. The molecule has 1 aromatic heterocycles. The van der Waals surface area contributed by atoms with E-state index < -0.39 is 18.0 Å². The summed E-state index contributed by atoms with van der Waals surface area (Å²) < 4.78 is 24.7. The van der Waals surface area contributed by atoms with Gasteiger partial charge in [0.25, 0.3) is 0 Å². The summed E-state index contributed by atoms with van der Waals surface area (Å²) in [6.07, 6.45) is 0.560. The van der Waals surface area contributed by atoms with E-state index in [1.165, 1.54) is 6.07 Å². The fourth-order valence-corrected chi connectivity index (χ4v) is 2.73. The third kappa shape index (κ3) is 4.33. The standard InChI is InChI=1S/C16H19FN4O3.ClH/c1-9-19-15(21-24-9)14(11-4-2-3-5-12(11)17)20-16(22)13-7-6-10(8-18)23-13;/h2-5,10,13-14H,6-8,18H2,1H3,(H,20,22);1H/t10-,13+,14?;/m1./s1. The number of amides is 1. The average molecular weight is 371 g/mol. The predicted octanol–water partition coefficient (Wildman–Crippen LogP) is 1.65. The van der Waals surface area contributed by atoms with Crippen LogP contribution >= 0.6 is 12.4 Å². The summed E-state index contributed by atoms with van der Waals surface area (Å²) in [5.74, 6) is -0.278. The van der Waals surface area contributed by atoms with Crippen LogP contribution in [0.3, 0.4) is 0 Å². The molecule has 0 radical (unpaired) electrons. The van der Waals surface area contributed by atoms with Gasteiger partial charge in [0.05, 0.1) is 6.10 Å². The van der Waals surface area contributed by atoms with Crippen molar-refractivity contribution in [3.05, 3.63) is 47.4 Å². The van der Waals surface area contributed by atoms with Gasteiger partial charge in [0.2, 0.25) is 11.8 Å². The quantitative estimate of drug-likeness (QED) is 0.829. The van der Waals surface area contributed by atoms with Gasteiger partial charge in [-0.05, 0) is 18.9 Å². The van der Waals surface area contributed by atoms with Gasteiger partial charge < -0.3 is 20.3 Å². The summed E-state index contributed by atoms with van der Waals surface area (Å²) in [6, 6.07) is 5.30. The summed E-state index contributed by atoms with van der Waals surface area (Å²) in [7, 11) is 0. The first kappa shape index (κ1) is 19.3. The number of aromatic nitrogens is 2. The number of carbonyl (C=O) groups is 1. The summed E-state index contributed by atoms with van der Waals surface area (Å²) in [4.78, 5) is 16.6. The molecule has 1 aliphatic heterocycles. The summed E-state index contributed by atoms with van der Waals surface area (Å²) >= 11 is 0. The molecule has 2 aromatic rings. The molecule has 7 nitrogen and oxygen atoms in total. The lowest BCUT2D eigenvalue weighted by Gasteiger charge is -2.19. The molecule has 1 amide bonds. The van der Waals surface area contributed by atoms with Gasteiger partial charge in [-0.15, -0.1) is 12.4 Å². The molecule has 1 fully saturated rings. The molecule has 136 valence electrons. The van der Waals surface area contributed by atoms with Crippen LogP contribution < -0.4 is 11.1 Å². The second-order valence-corrected chi connectivity index (χ2v) is 5.69. The second kappa shape index (κ2) is 8.37. The van der Waals surface area contributed by atoms with Crippen molar-refractivity contribution in [2.75, 3.05) is 6.54 Å². The minimum Gasteiger partial charge on any atom is -0.364 e. The smallest absolute Gasteiger partial charge is 0.250 e. The van der Waals surface area contributed by atoms with E-state index in [4.69, 9.17) is 15.0 Å². The van der Waals surface area contributed by atoms with Gasteiger partial charge in [-0.1, -0.05) is 23.4 Å². The number of hydrogen-bond donors (Lipinski definition) is 2. The fourth-order valence-electron chi connectivity index (χ4n) is 2.73. The Morgan fingerprint density at radius 1 is 1.44 bits per heavy atom. The van der Waals surface area contributed by atoms with Crippen molar-refractivity contribution in [3.63, 3.8) is 0 Å². The number of hydrogen-bond acceptors (Lipinski definition) is 6. The number of ether oxygens (including phenoxy) is 1. The molecule has 0 bridgehead atoms. The lowest BCUT2D eigenvalue weighted by Crippen LogP contribution is -2.39. The second-order valence-electron chi connectivity index (χ2n) is 5.69. The highest BCUT2D eigenvalue weighted by Gasteiger charge is 2.33. The zero-order valence-corrected chi connectivity index (χ0v) is 14.5. The number of carbonyl (C=O) groups excluding carboxylic acids is 1. The molecule has 0 spiro atoms. The van der Waals surface area contributed by atoms with Crippen LogP contribution in [0.2, 0.25) is 0 Å². The van der Waals surface area contributed by atoms with Crippen LogP contribution in [0.4, 0.5) is 4.39 Å². The SMILES string of the molecule is Cc1nc(C(NC(=O)[C@@H]2CC[C@H](CN)O2)c2ccccc2F)no1.Cl. The summed E-state index contributed by atoms with van der Waals surface area (Å²) in [6.45, 7) is 1.99. The third-order valence-corrected chi connectivity index (χ3v) is 3.97. The van der Waals surface area contributed by atoms with Crippen LogP contribution in [0.25, 0.3) is 0 Å². The molecule has 1 aromatic carbocycles. The minimum absolute atomic E-state index is 0. The van der Waals surface area contributed by atoms with Crippen molar-refractivity contribution in [1.82, 2.24) is 15.5 Å². The molecule has 0 saturated carbocycles. The number of halogens is 2. The third-order valence-electron chi connectivity index (χ3n) is 3.97. The molecular weight excluding hydrogens is 351 g/mol. The molecule has 0 aliphatic carbocycles. The van der Waals surface area contributed by atoms with E-state index in [2.05, 4.69) is 15.5 Å². The molecule has 3 N–H and O–H groups in total. The van der Waals surface area contributed by atoms with E-state index in [0.717, 1.165) is 6.42 Å². The van der Waals surface area contributed by atoms with E-state index in [1.807, 2.05) is 0 Å². The van der Waals surface area contributed by atoms with Gasteiger partial charge >= 0.3 is 0 Å². The lowest BCUT2D eigenvalue weighted by atomic mass is 10.0. The zero-order valence-electron chi connectivity index (χ0n) is 13.6. The first-order valence-corrected chi connectivity index (χ1v) is 7.79. The Hall–Kier alpha value is -2.03. The number of benzene rings is 1. The number of nitrogens with zero attached hydrogens (tertiary/aromatic N) is 2. The Balaban J connectivity index is 0.00000225. The maximum Gasteiger partial charge on any atom is 0.250 e. The van der Waals surface area contributed by atoms with Crippen molar-refractivity contribution in [2.24, 2.45) is 5.73 Å². The van der Waals surface area contributed by atoms with Crippen molar-refractivity contribution >= 4 is 18.3 Å². The highest BCUT2D eigenvalue weighted by atomic mass is 35.5. The number of nitrogens with two attached hydrogens (primary N) is 1. The van der Waals surface area contributed by atoms with Crippen molar-refractivity contribution in [3.8, 4) is 0 Å². The normalized spacial score (nSPS) is 20.8. The Bertz CT molecular complexity index is 727. The van der Waals surface area contributed by atoms with Gasteiger partial charge in [-0.2, -0.15) is 4.98 Å². The molecular formula is C16H20ClFN4O3. The van der Waals surface area contributed by atoms with Crippen LogP contribution in [-0.2, 0) is 9.53 Å². The number of rotatable bonds is 5. The van der Waals surface area contributed by atoms with Crippen LogP contribution in [0, 0.1) is 12.7 Å². The minimum atomic E-state index is -0.850. The van der Waals surface area contributed by atoms with Crippen LogP contribution in [0.5, 0.6) is 0 Å².